The number of carbonyl (C=O) groups is 1. The molecule has 28 heavy (non-hydrogen) atoms. The van der Waals surface area contributed by atoms with Crippen LogP contribution in [0.1, 0.15) is 31.2 Å². The van der Waals surface area contributed by atoms with Gasteiger partial charge in [-0.3, -0.25) is 4.79 Å². The van der Waals surface area contributed by atoms with Crippen LogP contribution in [0.15, 0.2) is 52.3 Å². The van der Waals surface area contributed by atoms with Crippen molar-refractivity contribution in [2.75, 3.05) is 19.6 Å². The number of aromatic nitrogens is 2. The van der Waals surface area contributed by atoms with Crippen molar-refractivity contribution < 1.29 is 14.1 Å². The van der Waals surface area contributed by atoms with Crippen LogP contribution in [-0.2, 0) is 17.8 Å². The number of carbonyl (C=O) groups excluding carboxylic acids is 1. The first kappa shape index (κ1) is 20.2. The maximum Gasteiger partial charge on any atom is 0.275 e. The van der Waals surface area contributed by atoms with Crippen molar-refractivity contribution in [3.05, 3.63) is 59.3 Å². The van der Waals surface area contributed by atoms with E-state index in [0.29, 0.717) is 31.4 Å². The van der Waals surface area contributed by atoms with Crippen LogP contribution in [0.5, 0.6) is 0 Å². The minimum Gasteiger partial charge on any atom is -0.414 e. The van der Waals surface area contributed by atoms with Gasteiger partial charge in [0.25, 0.3) is 17.7 Å². The first-order chi connectivity index (χ1) is 13.7. The van der Waals surface area contributed by atoms with Crippen LogP contribution in [0, 0.1) is 0 Å². The summed E-state index contributed by atoms with van der Waals surface area (Å²) in [4.78, 5) is 14.4. The Kier molecular flexibility index (Phi) is 7.75. The maximum atomic E-state index is 12.3. The molecule has 1 aromatic carbocycles. The van der Waals surface area contributed by atoms with E-state index in [1.807, 2.05) is 35.7 Å². The van der Waals surface area contributed by atoms with Gasteiger partial charge in [-0.05, 0) is 36.3 Å². The fraction of sp³-hybridized carbons (Fsp3) is 0.381. The number of thiophene rings is 1. The molecule has 0 fully saturated rings. The Morgan fingerprint density at radius 3 is 2.79 bits per heavy atom. The Morgan fingerprint density at radius 2 is 2.04 bits per heavy atom. The lowest BCUT2D eigenvalue weighted by molar-refractivity contribution is -0.907. The molecular formula is C21H27N4O2S+. The fourth-order valence-corrected chi connectivity index (χ4v) is 3.73. The SMILES string of the molecule is CCC[NH+](CC(=O)NCCCc1ccccc1)Cc1nnc(-c2cccs2)o1. The average Bonchev–Trinajstić information content (AvgIpc) is 3.38. The first-order valence-corrected chi connectivity index (χ1v) is 10.6. The summed E-state index contributed by atoms with van der Waals surface area (Å²) in [7, 11) is 0. The number of benzene rings is 1. The fourth-order valence-electron chi connectivity index (χ4n) is 3.09. The van der Waals surface area contributed by atoms with E-state index in [1.165, 1.54) is 5.56 Å². The molecule has 0 saturated heterocycles. The van der Waals surface area contributed by atoms with Crippen LogP contribution >= 0.6 is 11.3 Å². The molecule has 1 amide bonds. The number of aryl methyl sites for hydroxylation is 1. The number of nitrogens with one attached hydrogen (secondary N) is 2. The van der Waals surface area contributed by atoms with Crippen LogP contribution in [0.3, 0.4) is 0 Å². The quantitative estimate of drug-likeness (QED) is 0.486. The summed E-state index contributed by atoms with van der Waals surface area (Å²) in [6, 6.07) is 14.3. The predicted octanol–water partition coefficient (Wildman–Crippen LogP) is 2.34. The zero-order valence-electron chi connectivity index (χ0n) is 16.2. The zero-order valence-corrected chi connectivity index (χ0v) is 17.0. The highest BCUT2D eigenvalue weighted by Gasteiger charge is 2.18. The highest BCUT2D eigenvalue weighted by molar-refractivity contribution is 7.13. The van der Waals surface area contributed by atoms with Crippen molar-refractivity contribution >= 4 is 17.2 Å². The maximum absolute atomic E-state index is 12.3. The normalized spacial score (nSPS) is 12.0. The van der Waals surface area contributed by atoms with Gasteiger partial charge < -0.3 is 14.6 Å². The largest absolute Gasteiger partial charge is 0.414 e. The predicted molar refractivity (Wildman–Crippen MR) is 110 cm³/mol. The smallest absolute Gasteiger partial charge is 0.275 e. The third-order valence-corrected chi connectivity index (χ3v) is 5.28. The van der Waals surface area contributed by atoms with Gasteiger partial charge in [-0.2, -0.15) is 0 Å². The molecule has 2 aromatic heterocycles. The van der Waals surface area contributed by atoms with Crippen molar-refractivity contribution in [3.63, 3.8) is 0 Å². The van der Waals surface area contributed by atoms with Crippen molar-refractivity contribution in [3.8, 4) is 10.8 Å². The molecule has 0 aliphatic carbocycles. The molecule has 6 nitrogen and oxygen atoms in total. The lowest BCUT2D eigenvalue weighted by Gasteiger charge is -2.16. The zero-order chi connectivity index (χ0) is 19.6. The average molecular weight is 400 g/mol. The minimum absolute atomic E-state index is 0.0644. The van der Waals surface area contributed by atoms with Gasteiger partial charge in [-0.1, -0.05) is 43.3 Å². The van der Waals surface area contributed by atoms with E-state index in [9.17, 15) is 4.79 Å². The van der Waals surface area contributed by atoms with Gasteiger partial charge in [0.05, 0.1) is 11.4 Å². The third-order valence-electron chi connectivity index (χ3n) is 4.42. The number of nitrogens with zero attached hydrogens (tertiary/aromatic N) is 2. The van der Waals surface area contributed by atoms with Crippen molar-refractivity contribution in [1.82, 2.24) is 15.5 Å². The molecule has 0 radical (unpaired) electrons. The van der Waals surface area contributed by atoms with Crippen molar-refractivity contribution in [2.45, 2.75) is 32.7 Å². The second-order valence-corrected chi connectivity index (χ2v) is 7.72. The molecule has 1 atom stereocenters. The second-order valence-electron chi connectivity index (χ2n) is 6.77. The Labute approximate surface area is 169 Å². The second kappa shape index (κ2) is 10.7. The van der Waals surface area contributed by atoms with Gasteiger partial charge in [-0.15, -0.1) is 21.5 Å². The Bertz CT molecular complexity index is 833. The number of amides is 1. The van der Waals surface area contributed by atoms with Crippen LogP contribution in [0.25, 0.3) is 10.8 Å². The van der Waals surface area contributed by atoms with Gasteiger partial charge in [0.2, 0.25) is 0 Å². The molecule has 0 spiro atoms. The summed E-state index contributed by atoms with van der Waals surface area (Å²) in [5.41, 5.74) is 1.30. The summed E-state index contributed by atoms with van der Waals surface area (Å²) < 4.78 is 5.77. The summed E-state index contributed by atoms with van der Waals surface area (Å²) in [5.74, 6) is 1.18. The van der Waals surface area contributed by atoms with Crippen LogP contribution in [-0.4, -0.2) is 35.7 Å². The Balaban J connectivity index is 1.44. The monoisotopic (exact) mass is 399 g/mol. The van der Waals surface area contributed by atoms with Crippen LogP contribution < -0.4 is 10.2 Å². The standard InChI is InChI=1S/C21H26N4O2S/c1-2-13-25(16-20-23-24-21(27-20)18-11-7-14-28-18)15-19(26)22-12-6-10-17-8-4-3-5-9-17/h3-5,7-9,11,14H,2,6,10,12-13,15-16H2,1H3,(H,22,26)/p+1. The molecule has 0 aliphatic rings. The molecule has 0 saturated carbocycles. The van der Waals surface area contributed by atoms with E-state index in [1.54, 1.807) is 11.3 Å². The molecular weight excluding hydrogens is 372 g/mol. The van der Waals surface area contributed by atoms with E-state index in [2.05, 4.69) is 34.6 Å². The molecule has 148 valence electrons. The highest BCUT2D eigenvalue weighted by Crippen LogP contribution is 2.22. The molecule has 0 bridgehead atoms. The molecule has 0 aliphatic heterocycles. The van der Waals surface area contributed by atoms with Gasteiger partial charge in [-0.25, -0.2) is 0 Å². The molecule has 1 unspecified atom stereocenters. The summed E-state index contributed by atoms with van der Waals surface area (Å²) in [6.45, 7) is 4.66. The summed E-state index contributed by atoms with van der Waals surface area (Å²) in [5, 5.41) is 13.3. The Hall–Kier alpha value is -2.51. The van der Waals surface area contributed by atoms with E-state index < -0.39 is 0 Å². The molecule has 3 aromatic rings. The number of quaternary nitrogens is 1. The number of hydrogen-bond acceptors (Lipinski definition) is 5. The molecule has 3 rings (SSSR count). The van der Waals surface area contributed by atoms with Crippen LogP contribution in [0.4, 0.5) is 0 Å². The number of rotatable bonds is 11. The minimum atomic E-state index is 0.0644. The first-order valence-electron chi connectivity index (χ1n) is 9.75. The lowest BCUT2D eigenvalue weighted by atomic mass is 10.1. The van der Waals surface area contributed by atoms with E-state index in [4.69, 9.17) is 4.42 Å². The van der Waals surface area contributed by atoms with Crippen molar-refractivity contribution in [1.29, 1.82) is 0 Å². The summed E-state index contributed by atoms with van der Waals surface area (Å²) in [6.07, 6.45) is 2.90. The van der Waals surface area contributed by atoms with Gasteiger partial charge in [0.1, 0.15) is 0 Å². The third kappa shape index (κ3) is 6.28. The van der Waals surface area contributed by atoms with Crippen molar-refractivity contribution in [2.24, 2.45) is 0 Å². The van der Waals surface area contributed by atoms with Gasteiger partial charge in [0.15, 0.2) is 13.1 Å². The topological polar surface area (TPSA) is 72.5 Å². The molecule has 2 heterocycles. The van der Waals surface area contributed by atoms with Crippen LogP contribution in [0.2, 0.25) is 0 Å². The van der Waals surface area contributed by atoms with E-state index in [0.717, 1.165) is 35.6 Å². The number of hydrogen-bond donors (Lipinski definition) is 2. The summed E-state index contributed by atoms with van der Waals surface area (Å²) >= 11 is 1.57. The Morgan fingerprint density at radius 1 is 1.18 bits per heavy atom. The molecule has 2 N–H and O–H groups in total. The van der Waals surface area contributed by atoms with E-state index in [-0.39, 0.29) is 5.91 Å². The van der Waals surface area contributed by atoms with E-state index >= 15 is 0 Å². The molecule has 7 heteroatoms. The van der Waals surface area contributed by atoms with Gasteiger partial charge in [0, 0.05) is 6.54 Å². The van der Waals surface area contributed by atoms with Gasteiger partial charge >= 0.3 is 0 Å². The highest BCUT2D eigenvalue weighted by atomic mass is 32.1. The lowest BCUT2D eigenvalue weighted by Crippen LogP contribution is -3.12.